The van der Waals surface area contributed by atoms with Gasteiger partial charge in [0.05, 0.1) is 25.9 Å². The highest BCUT2D eigenvalue weighted by atomic mass is 19.1. The summed E-state index contributed by atoms with van der Waals surface area (Å²) in [4.78, 5) is 0. The number of hydrogen-bond acceptors (Lipinski definition) is 5. The molecule has 1 aliphatic heterocycles. The molecule has 1 unspecified atom stereocenters. The van der Waals surface area contributed by atoms with Crippen LogP contribution in [0, 0.1) is 5.82 Å². The highest BCUT2D eigenvalue weighted by Crippen LogP contribution is 2.09. The van der Waals surface area contributed by atoms with E-state index in [9.17, 15) is 4.39 Å². The van der Waals surface area contributed by atoms with Gasteiger partial charge in [-0.05, 0) is 23.8 Å². The molecule has 0 aromatic heterocycles. The molecule has 2 rings (SSSR count). The third kappa shape index (κ3) is 4.16. The fraction of sp³-hybridized carbons (Fsp3) is 0.462. The van der Waals surface area contributed by atoms with Crippen LogP contribution >= 0.6 is 0 Å². The molecule has 1 aliphatic rings. The first-order chi connectivity index (χ1) is 9.69. The zero-order chi connectivity index (χ0) is 14.4. The second-order valence-corrected chi connectivity index (χ2v) is 4.53. The standard InChI is InChI=1S/C13H18FN3O3/c14-11-4-9(3-10(5-11)13(15)17-18)6-16-7-12-8-19-1-2-20-12/h3-5,12,16,18H,1-2,6-8H2,(H2,15,17). The van der Waals surface area contributed by atoms with Crippen molar-refractivity contribution in [3.63, 3.8) is 0 Å². The lowest BCUT2D eigenvalue weighted by Gasteiger charge is -2.23. The summed E-state index contributed by atoms with van der Waals surface area (Å²) < 4.78 is 24.2. The summed E-state index contributed by atoms with van der Waals surface area (Å²) in [6.45, 7) is 2.87. The van der Waals surface area contributed by atoms with E-state index in [1.165, 1.54) is 12.1 Å². The van der Waals surface area contributed by atoms with Crippen molar-refractivity contribution in [2.24, 2.45) is 10.9 Å². The number of nitrogens with one attached hydrogen (secondary N) is 1. The third-order valence-corrected chi connectivity index (χ3v) is 2.95. The fourth-order valence-electron chi connectivity index (χ4n) is 1.99. The van der Waals surface area contributed by atoms with Crippen LogP contribution in [-0.2, 0) is 16.0 Å². The summed E-state index contributed by atoms with van der Waals surface area (Å²) in [5.74, 6) is -0.544. The van der Waals surface area contributed by atoms with Gasteiger partial charge in [-0.25, -0.2) is 4.39 Å². The molecule has 1 heterocycles. The number of halogens is 1. The van der Waals surface area contributed by atoms with E-state index < -0.39 is 5.82 Å². The Hall–Kier alpha value is -1.70. The SMILES string of the molecule is N/C(=N/O)c1cc(F)cc(CNCC2COCCO2)c1. The van der Waals surface area contributed by atoms with E-state index in [-0.39, 0.29) is 11.9 Å². The minimum Gasteiger partial charge on any atom is -0.409 e. The van der Waals surface area contributed by atoms with Crippen molar-refractivity contribution in [2.75, 3.05) is 26.4 Å². The third-order valence-electron chi connectivity index (χ3n) is 2.95. The maximum atomic E-state index is 13.4. The summed E-state index contributed by atoms with van der Waals surface area (Å²) in [5, 5.41) is 14.6. The van der Waals surface area contributed by atoms with Crippen LogP contribution in [0.25, 0.3) is 0 Å². The predicted molar refractivity (Wildman–Crippen MR) is 71.2 cm³/mol. The lowest BCUT2D eigenvalue weighted by atomic mass is 10.1. The Labute approximate surface area is 116 Å². The second-order valence-electron chi connectivity index (χ2n) is 4.53. The van der Waals surface area contributed by atoms with E-state index in [1.54, 1.807) is 6.07 Å². The molecule has 20 heavy (non-hydrogen) atoms. The van der Waals surface area contributed by atoms with Gasteiger partial charge in [0.1, 0.15) is 5.82 Å². The first-order valence-electron chi connectivity index (χ1n) is 6.36. The molecule has 6 nitrogen and oxygen atoms in total. The monoisotopic (exact) mass is 283 g/mol. The van der Waals surface area contributed by atoms with E-state index in [0.717, 1.165) is 0 Å². The first kappa shape index (κ1) is 14.7. The molecule has 4 N–H and O–H groups in total. The van der Waals surface area contributed by atoms with Crippen LogP contribution in [0.2, 0.25) is 0 Å². The quantitative estimate of drug-likeness (QED) is 0.315. The van der Waals surface area contributed by atoms with Gasteiger partial charge in [0.15, 0.2) is 5.84 Å². The van der Waals surface area contributed by atoms with Crippen molar-refractivity contribution < 1.29 is 19.1 Å². The number of amidine groups is 1. The van der Waals surface area contributed by atoms with Crippen LogP contribution in [0.4, 0.5) is 4.39 Å². The largest absolute Gasteiger partial charge is 0.409 e. The number of oxime groups is 1. The summed E-state index contributed by atoms with van der Waals surface area (Å²) in [7, 11) is 0. The fourth-order valence-corrected chi connectivity index (χ4v) is 1.99. The predicted octanol–water partition coefficient (Wildman–Crippen LogP) is 0.425. The molecule has 7 heteroatoms. The summed E-state index contributed by atoms with van der Waals surface area (Å²) >= 11 is 0. The Morgan fingerprint density at radius 2 is 2.30 bits per heavy atom. The molecule has 0 spiro atoms. The maximum absolute atomic E-state index is 13.4. The van der Waals surface area contributed by atoms with Crippen molar-refractivity contribution in [1.82, 2.24) is 5.32 Å². The van der Waals surface area contributed by atoms with E-state index in [1.807, 2.05) is 0 Å². The van der Waals surface area contributed by atoms with Gasteiger partial charge in [-0.1, -0.05) is 5.16 Å². The Kier molecular flexibility index (Phi) is 5.28. The van der Waals surface area contributed by atoms with Gasteiger partial charge in [-0.3, -0.25) is 0 Å². The molecule has 0 bridgehead atoms. The molecule has 1 aromatic rings. The number of rotatable bonds is 5. The summed E-state index contributed by atoms with van der Waals surface area (Å²) in [6, 6.07) is 4.29. The molecule has 1 saturated heterocycles. The molecule has 0 aliphatic carbocycles. The highest BCUT2D eigenvalue weighted by Gasteiger charge is 2.13. The molecule has 1 atom stereocenters. The number of ether oxygens (including phenoxy) is 2. The first-order valence-corrected chi connectivity index (χ1v) is 6.36. The van der Waals surface area contributed by atoms with Gasteiger partial charge < -0.3 is 25.7 Å². The van der Waals surface area contributed by atoms with Crippen LogP contribution < -0.4 is 11.1 Å². The van der Waals surface area contributed by atoms with E-state index >= 15 is 0 Å². The number of nitrogens with zero attached hydrogens (tertiary/aromatic N) is 1. The summed E-state index contributed by atoms with van der Waals surface area (Å²) in [6.07, 6.45) is 0.0147. The zero-order valence-corrected chi connectivity index (χ0v) is 11.0. The number of hydrogen-bond donors (Lipinski definition) is 3. The van der Waals surface area contributed by atoms with Gasteiger partial charge >= 0.3 is 0 Å². The van der Waals surface area contributed by atoms with Crippen molar-refractivity contribution in [1.29, 1.82) is 0 Å². The second kappa shape index (κ2) is 7.18. The lowest BCUT2D eigenvalue weighted by Crippen LogP contribution is -2.37. The molecular formula is C13H18FN3O3. The van der Waals surface area contributed by atoms with Gasteiger partial charge in [0.25, 0.3) is 0 Å². The van der Waals surface area contributed by atoms with E-state index in [0.29, 0.717) is 44.0 Å². The average Bonchev–Trinajstić information content (AvgIpc) is 2.47. The number of nitrogens with two attached hydrogens (primary N) is 1. The normalized spacial score (nSPS) is 20.1. The molecule has 0 amide bonds. The van der Waals surface area contributed by atoms with Gasteiger partial charge in [0, 0.05) is 18.7 Å². The van der Waals surface area contributed by atoms with Crippen molar-refractivity contribution >= 4 is 5.84 Å². The van der Waals surface area contributed by atoms with Gasteiger partial charge in [-0.15, -0.1) is 0 Å². The van der Waals surface area contributed by atoms with Crippen LogP contribution in [0.1, 0.15) is 11.1 Å². The maximum Gasteiger partial charge on any atom is 0.170 e. The van der Waals surface area contributed by atoms with Gasteiger partial charge in [0.2, 0.25) is 0 Å². The molecule has 1 fully saturated rings. The Morgan fingerprint density at radius 1 is 1.45 bits per heavy atom. The molecule has 1 aromatic carbocycles. The van der Waals surface area contributed by atoms with Gasteiger partial charge in [-0.2, -0.15) is 0 Å². The summed E-state index contributed by atoms with van der Waals surface area (Å²) in [5.41, 5.74) is 6.51. The van der Waals surface area contributed by atoms with Crippen molar-refractivity contribution in [3.8, 4) is 0 Å². The number of benzene rings is 1. The highest BCUT2D eigenvalue weighted by molar-refractivity contribution is 5.97. The van der Waals surface area contributed by atoms with E-state index in [4.69, 9.17) is 20.4 Å². The Balaban J connectivity index is 1.90. The molecule has 0 saturated carbocycles. The van der Waals surface area contributed by atoms with E-state index in [2.05, 4.69) is 10.5 Å². The van der Waals surface area contributed by atoms with Crippen LogP contribution in [0.3, 0.4) is 0 Å². The molecule has 110 valence electrons. The molecular weight excluding hydrogens is 265 g/mol. The zero-order valence-electron chi connectivity index (χ0n) is 11.0. The van der Waals surface area contributed by atoms with Crippen LogP contribution in [-0.4, -0.2) is 43.5 Å². The minimum absolute atomic E-state index is 0.0147. The van der Waals surface area contributed by atoms with Crippen LogP contribution in [0.5, 0.6) is 0 Å². The Bertz CT molecular complexity index is 476. The van der Waals surface area contributed by atoms with Crippen LogP contribution in [0.15, 0.2) is 23.4 Å². The average molecular weight is 283 g/mol. The smallest absolute Gasteiger partial charge is 0.170 e. The molecule has 0 radical (unpaired) electrons. The topological polar surface area (TPSA) is 89.1 Å². The Morgan fingerprint density at radius 3 is 3.00 bits per heavy atom. The van der Waals surface area contributed by atoms with Crippen molar-refractivity contribution in [2.45, 2.75) is 12.6 Å². The lowest BCUT2D eigenvalue weighted by molar-refractivity contribution is -0.0864. The minimum atomic E-state index is -0.428. The van der Waals surface area contributed by atoms with Crippen molar-refractivity contribution in [3.05, 3.63) is 35.1 Å².